The minimum atomic E-state index is -0.277. The highest BCUT2D eigenvalue weighted by molar-refractivity contribution is 5.94. The van der Waals surface area contributed by atoms with Crippen LogP contribution in [0.1, 0.15) is 26.4 Å². The molecule has 6 heteroatoms. The van der Waals surface area contributed by atoms with E-state index < -0.39 is 0 Å². The lowest BCUT2D eigenvalue weighted by atomic mass is 10.1. The van der Waals surface area contributed by atoms with Gasteiger partial charge in [0, 0.05) is 31.8 Å². The first-order valence-corrected chi connectivity index (χ1v) is 10.3. The fraction of sp³-hybridized carbons (Fsp3) is 0.115. The molecule has 4 rings (SSSR count). The lowest BCUT2D eigenvalue weighted by molar-refractivity contribution is 0.0827. The zero-order valence-corrected chi connectivity index (χ0v) is 18.0. The van der Waals surface area contributed by atoms with Gasteiger partial charge in [0.1, 0.15) is 0 Å². The van der Waals surface area contributed by atoms with Crippen LogP contribution in [0.5, 0.6) is 0 Å². The second kappa shape index (κ2) is 9.31. The SMILES string of the molecule is CN(C)C(=O)c1cccc(CNC(=O)c2cc(-c3ccccc3)n(-c3ccccc3)n2)c1. The molecule has 0 aliphatic rings. The number of aromatic nitrogens is 2. The van der Waals surface area contributed by atoms with Gasteiger partial charge in [-0.25, -0.2) is 4.68 Å². The van der Waals surface area contributed by atoms with E-state index in [1.54, 1.807) is 37.0 Å². The van der Waals surface area contributed by atoms with E-state index in [-0.39, 0.29) is 11.8 Å². The maximum atomic E-state index is 12.9. The Morgan fingerprint density at radius 2 is 1.56 bits per heavy atom. The summed E-state index contributed by atoms with van der Waals surface area (Å²) >= 11 is 0. The molecule has 0 radical (unpaired) electrons. The van der Waals surface area contributed by atoms with Crippen molar-refractivity contribution < 1.29 is 9.59 Å². The first-order chi connectivity index (χ1) is 15.5. The van der Waals surface area contributed by atoms with Gasteiger partial charge in [0.15, 0.2) is 5.69 Å². The van der Waals surface area contributed by atoms with Crippen molar-refractivity contribution in [3.05, 3.63) is 108 Å². The monoisotopic (exact) mass is 424 g/mol. The highest BCUT2D eigenvalue weighted by Crippen LogP contribution is 2.24. The molecule has 32 heavy (non-hydrogen) atoms. The second-order valence-electron chi connectivity index (χ2n) is 7.61. The van der Waals surface area contributed by atoms with Crippen molar-refractivity contribution in [3.8, 4) is 16.9 Å². The van der Waals surface area contributed by atoms with Gasteiger partial charge in [-0.05, 0) is 35.9 Å². The Morgan fingerprint density at radius 3 is 2.25 bits per heavy atom. The molecule has 1 heterocycles. The Balaban J connectivity index is 1.58. The summed E-state index contributed by atoms with van der Waals surface area (Å²) in [6.45, 7) is 0.298. The highest BCUT2D eigenvalue weighted by Gasteiger charge is 2.17. The quantitative estimate of drug-likeness (QED) is 0.505. The van der Waals surface area contributed by atoms with Crippen molar-refractivity contribution in [3.63, 3.8) is 0 Å². The van der Waals surface area contributed by atoms with Gasteiger partial charge in [0.2, 0.25) is 0 Å². The molecule has 0 aliphatic carbocycles. The molecule has 0 aliphatic heterocycles. The van der Waals surface area contributed by atoms with E-state index in [9.17, 15) is 9.59 Å². The fourth-order valence-corrected chi connectivity index (χ4v) is 3.42. The minimum absolute atomic E-state index is 0.0766. The molecule has 6 nitrogen and oxygen atoms in total. The van der Waals surface area contributed by atoms with Gasteiger partial charge in [-0.2, -0.15) is 5.10 Å². The number of carbonyl (C=O) groups is 2. The third kappa shape index (κ3) is 4.59. The Morgan fingerprint density at radius 1 is 0.875 bits per heavy atom. The van der Waals surface area contributed by atoms with Gasteiger partial charge in [-0.1, -0.05) is 60.7 Å². The lowest BCUT2D eigenvalue weighted by Crippen LogP contribution is -2.24. The normalized spacial score (nSPS) is 10.6. The van der Waals surface area contributed by atoms with Crippen LogP contribution in [0, 0.1) is 0 Å². The predicted molar refractivity (Wildman–Crippen MR) is 125 cm³/mol. The summed E-state index contributed by atoms with van der Waals surface area (Å²) in [5.74, 6) is -0.353. The molecule has 3 aromatic carbocycles. The first-order valence-electron chi connectivity index (χ1n) is 10.3. The van der Waals surface area contributed by atoms with Crippen molar-refractivity contribution in [1.82, 2.24) is 20.0 Å². The van der Waals surface area contributed by atoms with Gasteiger partial charge >= 0.3 is 0 Å². The summed E-state index contributed by atoms with van der Waals surface area (Å²) in [6, 6.07) is 28.6. The van der Waals surface area contributed by atoms with Crippen molar-refractivity contribution in [2.24, 2.45) is 0 Å². The van der Waals surface area contributed by atoms with E-state index >= 15 is 0 Å². The molecule has 0 spiro atoms. The zero-order valence-electron chi connectivity index (χ0n) is 18.0. The van der Waals surface area contributed by atoms with Crippen LogP contribution in [-0.2, 0) is 6.54 Å². The van der Waals surface area contributed by atoms with Crippen LogP contribution >= 0.6 is 0 Å². The molecule has 160 valence electrons. The molecule has 1 aromatic heterocycles. The third-order valence-electron chi connectivity index (χ3n) is 5.05. The number of hydrogen-bond donors (Lipinski definition) is 1. The number of benzene rings is 3. The fourth-order valence-electron chi connectivity index (χ4n) is 3.42. The van der Waals surface area contributed by atoms with E-state index in [0.717, 1.165) is 22.5 Å². The summed E-state index contributed by atoms with van der Waals surface area (Å²) in [7, 11) is 3.42. The summed E-state index contributed by atoms with van der Waals surface area (Å²) in [5.41, 5.74) is 4.44. The van der Waals surface area contributed by atoms with Crippen LogP contribution in [0.3, 0.4) is 0 Å². The van der Waals surface area contributed by atoms with Gasteiger partial charge in [-0.3, -0.25) is 9.59 Å². The number of amides is 2. The summed E-state index contributed by atoms with van der Waals surface area (Å²) in [6.07, 6.45) is 0. The smallest absolute Gasteiger partial charge is 0.272 e. The molecule has 2 amide bonds. The Bertz CT molecular complexity index is 1170. The zero-order chi connectivity index (χ0) is 22.5. The highest BCUT2D eigenvalue weighted by atomic mass is 16.2. The average molecular weight is 425 g/mol. The van der Waals surface area contributed by atoms with Crippen molar-refractivity contribution in [1.29, 1.82) is 0 Å². The largest absolute Gasteiger partial charge is 0.347 e. The van der Waals surface area contributed by atoms with Gasteiger partial charge in [0.25, 0.3) is 11.8 Å². The minimum Gasteiger partial charge on any atom is -0.347 e. The van der Waals surface area contributed by atoms with E-state index in [0.29, 0.717) is 17.8 Å². The maximum absolute atomic E-state index is 12.9. The van der Waals surface area contributed by atoms with Crippen LogP contribution < -0.4 is 5.32 Å². The average Bonchev–Trinajstić information content (AvgIpc) is 3.29. The van der Waals surface area contributed by atoms with Crippen molar-refractivity contribution in [2.75, 3.05) is 14.1 Å². The molecular formula is C26H24N4O2. The Labute approximate surface area is 187 Å². The van der Waals surface area contributed by atoms with Gasteiger partial charge < -0.3 is 10.2 Å². The maximum Gasteiger partial charge on any atom is 0.272 e. The van der Waals surface area contributed by atoms with Crippen LogP contribution in [0.15, 0.2) is 91.0 Å². The molecule has 0 unspecified atom stereocenters. The van der Waals surface area contributed by atoms with Crippen molar-refractivity contribution in [2.45, 2.75) is 6.54 Å². The lowest BCUT2D eigenvalue weighted by Gasteiger charge is -2.11. The molecule has 0 bridgehead atoms. The van der Waals surface area contributed by atoms with E-state index in [4.69, 9.17) is 0 Å². The molecule has 1 N–H and O–H groups in total. The Kier molecular flexibility index (Phi) is 6.12. The molecule has 0 atom stereocenters. The van der Waals surface area contributed by atoms with Gasteiger partial charge in [0.05, 0.1) is 11.4 Å². The molecule has 0 saturated heterocycles. The molecule has 0 fully saturated rings. The van der Waals surface area contributed by atoms with Crippen LogP contribution in [0.25, 0.3) is 16.9 Å². The summed E-state index contributed by atoms with van der Waals surface area (Å²) in [5, 5.41) is 7.50. The molecule has 0 saturated carbocycles. The standard InChI is InChI=1S/C26H24N4O2/c1-29(2)26(32)21-13-9-10-19(16-21)18-27-25(31)23-17-24(20-11-5-3-6-12-20)30(28-23)22-14-7-4-8-15-22/h3-17H,18H2,1-2H3,(H,27,31). The number of para-hydroxylation sites is 1. The second-order valence-corrected chi connectivity index (χ2v) is 7.61. The molecular weight excluding hydrogens is 400 g/mol. The van der Waals surface area contributed by atoms with Crippen LogP contribution in [0.4, 0.5) is 0 Å². The summed E-state index contributed by atoms with van der Waals surface area (Å²) < 4.78 is 1.78. The predicted octanol–water partition coefficient (Wildman–Crippen LogP) is 4.17. The van der Waals surface area contributed by atoms with E-state index in [1.165, 1.54) is 4.90 Å². The summed E-state index contributed by atoms with van der Waals surface area (Å²) in [4.78, 5) is 26.6. The molecule has 4 aromatic rings. The van der Waals surface area contributed by atoms with Gasteiger partial charge in [-0.15, -0.1) is 0 Å². The van der Waals surface area contributed by atoms with Crippen LogP contribution in [-0.4, -0.2) is 40.6 Å². The van der Waals surface area contributed by atoms with E-state index in [2.05, 4.69) is 10.4 Å². The number of rotatable bonds is 6. The number of nitrogens with zero attached hydrogens (tertiary/aromatic N) is 3. The van der Waals surface area contributed by atoms with Crippen molar-refractivity contribution >= 4 is 11.8 Å². The third-order valence-corrected chi connectivity index (χ3v) is 5.05. The first kappa shape index (κ1) is 21.1. The Hall–Kier alpha value is -4.19. The number of hydrogen-bond acceptors (Lipinski definition) is 3. The number of nitrogens with one attached hydrogen (secondary N) is 1. The van der Waals surface area contributed by atoms with Crippen LogP contribution in [0.2, 0.25) is 0 Å². The number of carbonyl (C=O) groups excluding carboxylic acids is 2. The topological polar surface area (TPSA) is 67.2 Å². The van der Waals surface area contributed by atoms with E-state index in [1.807, 2.05) is 72.8 Å².